The Morgan fingerprint density at radius 2 is 2.00 bits per heavy atom. The summed E-state index contributed by atoms with van der Waals surface area (Å²) < 4.78 is 33.2. The van der Waals surface area contributed by atoms with E-state index in [1.807, 2.05) is 6.92 Å². The maximum absolute atomic E-state index is 12.1. The van der Waals surface area contributed by atoms with Crippen LogP contribution < -0.4 is 10.1 Å². The smallest absolute Gasteiger partial charge is 0.316 e. The van der Waals surface area contributed by atoms with Crippen LogP contribution in [0.5, 0.6) is 5.75 Å². The number of esters is 1. The summed E-state index contributed by atoms with van der Waals surface area (Å²) in [5, 5.41) is 2.58. The molecule has 0 saturated carbocycles. The summed E-state index contributed by atoms with van der Waals surface area (Å²) in [6.07, 6.45) is -0.393. The molecule has 26 heavy (non-hydrogen) atoms. The highest BCUT2D eigenvalue weighted by atomic mass is 32.2. The Labute approximate surface area is 157 Å². The van der Waals surface area contributed by atoms with E-state index < -0.39 is 27.8 Å². The summed E-state index contributed by atoms with van der Waals surface area (Å²) >= 11 is 1.26. The van der Waals surface area contributed by atoms with Gasteiger partial charge in [-0.25, -0.2) is 8.42 Å². The molecule has 0 unspecified atom stereocenters. The molecule has 1 fully saturated rings. The van der Waals surface area contributed by atoms with E-state index in [0.29, 0.717) is 24.5 Å². The van der Waals surface area contributed by atoms with Gasteiger partial charge in [-0.15, -0.1) is 11.8 Å². The lowest BCUT2D eigenvalue weighted by molar-refractivity contribution is -0.150. The molecule has 1 saturated heterocycles. The number of carbonyl (C=O) groups is 2. The lowest BCUT2D eigenvalue weighted by Gasteiger charge is -2.14. The molecule has 7 nitrogen and oxygen atoms in total. The zero-order valence-corrected chi connectivity index (χ0v) is 16.4. The third-order valence-corrected chi connectivity index (χ3v) is 6.99. The Morgan fingerprint density at radius 3 is 2.58 bits per heavy atom. The monoisotopic (exact) mass is 401 g/mol. The van der Waals surface area contributed by atoms with Crippen LogP contribution in [0.2, 0.25) is 0 Å². The van der Waals surface area contributed by atoms with E-state index >= 15 is 0 Å². The number of nitrogens with one attached hydrogen (secondary N) is 1. The van der Waals surface area contributed by atoms with Gasteiger partial charge in [-0.05, 0) is 44.5 Å². The molecule has 0 aromatic heterocycles. The van der Waals surface area contributed by atoms with E-state index in [9.17, 15) is 18.0 Å². The van der Waals surface area contributed by atoms with Crippen molar-refractivity contribution in [2.24, 2.45) is 0 Å². The summed E-state index contributed by atoms with van der Waals surface area (Å²) in [6.45, 7) is 3.94. The predicted molar refractivity (Wildman–Crippen MR) is 101 cm³/mol. The van der Waals surface area contributed by atoms with Gasteiger partial charge in [0.2, 0.25) is 0 Å². The van der Waals surface area contributed by atoms with Crippen LogP contribution in [0.1, 0.15) is 20.3 Å². The second-order valence-electron chi connectivity index (χ2n) is 5.91. The van der Waals surface area contributed by atoms with Crippen molar-refractivity contribution >= 4 is 39.2 Å². The summed E-state index contributed by atoms with van der Waals surface area (Å²) in [5.41, 5.74) is 0.576. The van der Waals surface area contributed by atoms with Gasteiger partial charge in [0, 0.05) is 10.9 Å². The molecule has 2 atom stereocenters. The quantitative estimate of drug-likeness (QED) is 0.664. The van der Waals surface area contributed by atoms with Crippen molar-refractivity contribution in [1.29, 1.82) is 0 Å². The molecule has 144 valence electrons. The molecule has 1 aromatic carbocycles. The number of hydrogen-bond acceptors (Lipinski definition) is 7. The van der Waals surface area contributed by atoms with E-state index in [2.05, 4.69) is 5.32 Å². The average molecular weight is 402 g/mol. The summed E-state index contributed by atoms with van der Waals surface area (Å²) in [4.78, 5) is 24.0. The van der Waals surface area contributed by atoms with E-state index in [1.54, 1.807) is 24.3 Å². The van der Waals surface area contributed by atoms with Gasteiger partial charge in [0.05, 0.1) is 23.9 Å². The molecular formula is C17H23NO6S2. The lowest BCUT2D eigenvalue weighted by atomic mass is 10.3. The number of hydrogen-bond donors (Lipinski definition) is 1. The fourth-order valence-electron chi connectivity index (χ4n) is 2.41. The minimum absolute atomic E-state index is 0.0286. The second kappa shape index (κ2) is 9.27. The molecule has 0 bridgehead atoms. The van der Waals surface area contributed by atoms with Gasteiger partial charge in [0.15, 0.2) is 15.9 Å². The van der Waals surface area contributed by atoms with Crippen LogP contribution in [-0.2, 0) is 24.2 Å². The van der Waals surface area contributed by atoms with E-state index in [-0.39, 0.29) is 22.5 Å². The largest absolute Gasteiger partial charge is 0.494 e. The first-order chi connectivity index (χ1) is 12.3. The van der Waals surface area contributed by atoms with Gasteiger partial charge < -0.3 is 14.8 Å². The predicted octanol–water partition coefficient (Wildman–Crippen LogP) is 1.88. The highest BCUT2D eigenvalue weighted by Crippen LogP contribution is 2.24. The molecule has 1 aliphatic heterocycles. The number of rotatable bonds is 8. The van der Waals surface area contributed by atoms with Crippen molar-refractivity contribution < 1.29 is 27.5 Å². The highest BCUT2D eigenvalue weighted by molar-refractivity contribution is 8.02. The van der Waals surface area contributed by atoms with Crippen molar-refractivity contribution in [3.63, 3.8) is 0 Å². The van der Waals surface area contributed by atoms with Crippen molar-refractivity contribution in [1.82, 2.24) is 0 Å². The topological polar surface area (TPSA) is 98.8 Å². The van der Waals surface area contributed by atoms with Crippen LogP contribution in [-0.4, -0.2) is 55.5 Å². The number of carbonyl (C=O) groups excluding carboxylic acids is 2. The molecule has 1 N–H and O–H groups in total. The van der Waals surface area contributed by atoms with Crippen LogP contribution in [0.3, 0.4) is 0 Å². The molecule has 1 aromatic rings. The molecule has 0 spiro atoms. The lowest BCUT2D eigenvalue weighted by Crippen LogP contribution is -2.30. The molecule has 9 heteroatoms. The molecular weight excluding hydrogens is 378 g/mol. The van der Waals surface area contributed by atoms with E-state index in [4.69, 9.17) is 9.47 Å². The third-order valence-electron chi connectivity index (χ3n) is 3.74. The highest BCUT2D eigenvalue weighted by Gasteiger charge is 2.29. The zero-order chi connectivity index (χ0) is 19.2. The maximum Gasteiger partial charge on any atom is 0.316 e. The molecule has 1 heterocycles. The van der Waals surface area contributed by atoms with Gasteiger partial charge in [0.25, 0.3) is 5.91 Å². The van der Waals surface area contributed by atoms with Crippen molar-refractivity contribution in [3.8, 4) is 5.75 Å². The van der Waals surface area contributed by atoms with Crippen molar-refractivity contribution in [3.05, 3.63) is 24.3 Å². The van der Waals surface area contributed by atoms with Gasteiger partial charge in [0.1, 0.15) is 5.75 Å². The molecule has 1 aliphatic rings. The molecule has 0 aliphatic carbocycles. The fraction of sp³-hybridized carbons (Fsp3) is 0.529. The minimum atomic E-state index is -2.97. The Morgan fingerprint density at radius 1 is 1.31 bits per heavy atom. The maximum atomic E-state index is 12.1. The Bertz CT molecular complexity index is 732. The summed E-state index contributed by atoms with van der Waals surface area (Å²) in [6, 6.07) is 6.88. The van der Waals surface area contributed by atoms with Crippen LogP contribution in [0, 0.1) is 0 Å². The van der Waals surface area contributed by atoms with Crippen LogP contribution >= 0.6 is 11.8 Å². The van der Waals surface area contributed by atoms with Gasteiger partial charge in [-0.2, -0.15) is 0 Å². The second-order valence-corrected chi connectivity index (χ2v) is 9.43. The number of sulfone groups is 1. The van der Waals surface area contributed by atoms with Crippen LogP contribution in [0.25, 0.3) is 0 Å². The van der Waals surface area contributed by atoms with Crippen LogP contribution in [0.4, 0.5) is 5.69 Å². The summed E-state index contributed by atoms with van der Waals surface area (Å²) in [5.74, 6) is 0.0285. The third kappa shape index (κ3) is 6.53. The van der Waals surface area contributed by atoms with E-state index in [1.165, 1.54) is 18.7 Å². The number of anilines is 1. The number of amides is 1. The van der Waals surface area contributed by atoms with Gasteiger partial charge in [-0.1, -0.05) is 0 Å². The van der Waals surface area contributed by atoms with Gasteiger partial charge in [-0.3, -0.25) is 9.59 Å². The van der Waals surface area contributed by atoms with Gasteiger partial charge >= 0.3 is 5.97 Å². The average Bonchev–Trinajstić information content (AvgIpc) is 2.94. The molecule has 0 radical (unpaired) electrons. The Hall–Kier alpha value is -1.74. The number of ether oxygens (including phenoxy) is 2. The summed E-state index contributed by atoms with van der Waals surface area (Å²) in [7, 11) is -2.97. The molecule has 2 rings (SSSR count). The zero-order valence-electron chi connectivity index (χ0n) is 14.8. The Balaban J connectivity index is 1.74. The first-order valence-electron chi connectivity index (χ1n) is 8.34. The molecule has 1 amide bonds. The SMILES string of the molecule is CCOc1ccc(NC(=O)[C@@H](C)OC(=O)CS[C@@H]2CCS(=O)(=O)C2)cc1. The number of thioether (sulfide) groups is 1. The van der Waals surface area contributed by atoms with Crippen LogP contribution in [0.15, 0.2) is 24.3 Å². The minimum Gasteiger partial charge on any atom is -0.494 e. The van der Waals surface area contributed by atoms with E-state index in [0.717, 1.165) is 0 Å². The first-order valence-corrected chi connectivity index (χ1v) is 11.2. The standard InChI is InChI=1S/C17H23NO6S2/c1-3-23-14-6-4-13(5-7-14)18-17(20)12(2)24-16(19)10-25-15-8-9-26(21,22)11-15/h4-7,12,15H,3,8-11H2,1-2H3,(H,18,20)/t12-,15-/m1/s1. The fourth-order valence-corrected chi connectivity index (χ4v) is 5.83. The number of benzene rings is 1. The van der Waals surface area contributed by atoms with Crippen molar-refractivity contribution in [2.45, 2.75) is 31.6 Å². The Kier molecular flexibility index (Phi) is 7.33. The van der Waals surface area contributed by atoms with Crippen molar-refractivity contribution in [2.75, 3.05) is 29.2 Å². The first kappa shape index (κ1) is 20.6. The normalized spacial score (nSPS) is 19.5.